The Balaban J connectivity index is 2.28. The molecular formula is C9H14N2O2S2. The van der Waals surface area contributed by atoms with Crippen molar-refractivity contribution in [2.75, 3.05) is 6.26 Å². The van der Waals surface area contributed by atoms with Crippen LogP contribution in [0.2, 0.25) is 0 Å². The summed E-state index contributed by atoms with van der Waals surface area (Å²) in [6, 6.07) is 0. The van der Waals surface area contributed by atoms with Crippen LogP contribution in [0.25, 0.3) is 0 Å². The molecule has 1 fully saturated rings. The van der Waals surface area contributed by atoms with E-state index < -0.39 is 15.1 Å². The number of rotatable bonds is 3. The Morgan fingerprint density at radius 2 is 2.20 bits per heavy atom. The lowest BCUT2D eigenvalue weighted by atomic mass is 10.2. The first-order valence-corrected chi connectivity index (χ1v) is 7.60. The van der Waals surface area contributed by atoms with Crippen LogP contribution < -0.4 is 5.73 Å². The Kier molecular flexibility index (Phi) is 2.40. The van der Waals surface area contributed by atoms with Crippen molar-refractivity contribution in [3.8, 4) is 0 Å². The normalized spacial score (nSPS) is 21.3. The highest BCUT2D eigenvalue weighted by molar-refractivity contribution is 7.91. The molecule has 1 saturated carbocycles. The summed E-state index contributed by atoms with van der Waals surface area (Å²) in [5.41, 5.74) is 6.56. The highest BCUT2D eigenvalue weighted by Gasteiger charge is 2.42. The molecule has 1 aromatic rings. The van der Waals surface area contributed by atoms with Gasteiger partial charge in [-0.3, -0.25) is 0 Å². The van der Waals surface area contributed by atoms with Crippen molar-refractivity contribution in [2.24, 2.45) is 5.73 Å². The van der Waals surface area contributed by atoms with Crippen LogP contribution in [0, 0.1) is 0 Å². The van der Waals surface area contributed by atoms with Gasteiger partial charge in [0.25, 0.3) is 0 Å². The van der Waals surface area contributed by atoms with Crippen LogP contribution in [-0.2, 0) is 15.4 Å². The predicted octanol–water partition coefficient (Wildman–Crippen LogP) is 1.20. The van der Waals surface area contributed by atoms with E-state index in [0.29, 0.717) is 5.01 Å². The quantitative estimate of drug-likeness (QED) is 0.869. The van der Waals surface area contributed by atoms with E-state index in [0.717, 1.165) is 18.5 Å². The molecule has 2 N–H and O–H groups in total. The molecular weight excluding hydrogens is 232 g/mol. The first kappa shape index (κ1) is 11.0. The Labute approximate surface area is 93.4 Å². The van der Waals surface area contributed by atoms with Crippen LogP contribution in [0.3, 0.4) is 0 Å². The molecule has 1 aromatic heterocycles. The zero-order valence-electron chi connectivity index (χ0n) is 8.73. The molecule has 0 amide bonds. The second-order valence-corrected chi connectivity index (χ2v) is 7.45. The third-order valence-electron chi connectivity index (χ3n) is 2.81. The number of hydrogen-bond donors (Lipinski definition) is 1. The standard InChI is InChI=1S/C9H14N2O2S2/c1-6(15(2,12)13)8-11-7(5-14-8)9(10)3-4-9/h5-6H,3-4,10H2,1-2H3. The van der Waals surface area contributed by atoms with E-state index in [1.807, 2.05) is 5.38 Å². The Morgan fingerprint density at radius 1 is 1.60 bits per heavy atom. The van der Waals surface area contributed by atoms with Crippen LogP contribution in [0.15, 0.2) is 5.38 Å². The van der Waals surface area contributed by atoms with Crippen LogP contribution in [-0.4, -0.2) is 19.7 Å². The lowest BCUT2D eigenvalue weighted by Gasteiger charge is -2.05. The minimum Gasteiger partial charge on any atom is -0.320 e. The molecule has 0 aliphatic heterocycles. The summed E-state index contributed by atoms with van der Waals surface area (Å²) in [5, 5.41) is 1.99. The zero-order valence-corrected chi connectivity index (χ0v) is 10.4. The molecule has 0 spiro atoms. The largest absolute Gasteiger partial charge is 0.320 e. The van der Waals surface area contributed by atoms with E-state index in [1.54, 1.807) is 6.92 Å². The van der Waals surface area contributed by atoms with Crippen molar-refractivity contribution in [1.29, 1.82) is 0 Å². The van der Waals surface area contributed by atoms with Crippen LogP contribution in [0.1, 0.15) is 35.7 Å². The molecule has 15 heavy (non-hydrogen) atoms. The Bertz CT molecular complexity index is 474. The molecule has 6 heteroatoms. The van der Waals surface area contributed by atoms with E-state index in [9.17, 15) is 8.42 Å². The molecule has 1 atom stereocenters. The van der Waals surface area contributed by atoms with Gasteiger partial charge in [0.05, 0.1) is 11.2 Å². The molecule has 1 unspecified atom stereocenters. The first-order valence-electron chi connectivity index (χ1n) is 4.76. The molecule has 4 nitrogen and oxygen atoms in total. The van der Waals surface area contributed by atoms with E-state index in [-0.39, 0.29) is 5.54 Å². The van der Waals surface area contributed by atoms with Crippen molar-refractivity contribution >= 4 is 21.2 Å². The van der Waals surface area contributed by atoms with Crippen molar-refractivity contribution in [2.45, 2.75) is 30.6 Å². The average molecular weight is 246 g/mol. The van der Waals surface area contributed by atoms with Gasteiger partial charge in [-0.05, 0) is 19.8 Å². The van der Waals surface area contributed by atoms with Crippen LogP contribution >= 0.6 is 11.3 Å². The van der Waals surface area contributed by atoms with E-state index in [1.165, 1.54) is 17.6 Å². The third kappa shape index (κ3) is 2.07. The summed E-state index contributed by atoms with van der Waals surface area (Å²) < 4.78 is 22.7. The molecule has 0 bridgehead atoms. The fraction of sp³-hybridized carbons (Fsp3) is 0.667. The molecule has 2 rings (SSSR count). The second kappa shape index (κ2) is 3.26. The lowest BCUT2D eigenvalue weighted by molar-refractivity contribution is 0.591. The fourth-order valence-corrected chi connectivity index (χ4v) is 3.25. The number of nitrogens with zero attached hydrogens (tertiary/aromatic N) is 1. The number of hydrogen-bond acceptors (Lipinski definition) is 5. The summed E-state index contributed by atoms with van der Waals surface area (Å²) in [4.78, 5) is 4.32. The predicted molar refractivity (Wildman–Crippen MR) is 60.5 cm³/mol. The molecule has 1 aliphatic rings. The zero-order chi connectivity index (χ0) is 11.3. The molecule has 0 aromatic carbocycles. The van der Waals surface area contributed by atoms with Crippen molar-refractivity contribution in [3.05, 3.63) is 16.1 Å². The van der Waals surface area contributed by atoms with Crippen LogP contribution in [0.5, 0.6) is 0 Å². The van der Waals surface area contributed by atoms with Crippen molar-refractivity contribution < 1.29 is 8.42 Å². The maximum atomic E-state index is 11.3. The lowest BCUT2D eigenvalue weighted by Crippen LogP contribution is -2.19. The highest BCUT2D eigenvalue weighted by Crippen LogP contribution is 2.43. The highest BCUT2D eigenvalue weighted by atomic mass is 32.2. The smallest absolute Gasteiger partial charge is 0.156 e. The van der Waals surface area contributed by atoms with E-state index >= 15 is 0 Å². The third-order valence-corrected chi connectivity index (χ3v) is 5.50. The van der Waals surface area contributed by atoms with Gasteiger partial charge in [0.1, 0.15) is 10.3 Å². The van der Waals surface area contributed by atoms with Gasteiger partial charge in [-0.1, -0.05) is 0 Å². The van der Waals surface area contributed by atoms with Gasteiger partial charge >= 0.3 is 0 Å². The molecule has 0 saturated heterocycles. The summed E-state index contributed by atoms with van der Waals surface area (Å²) in [6.07, 6.45) is 3.13. The van der Waals surface area contributed by atoms with Crippen molar-refractivity contribution in [3.63, 3.8) is 0 Å². The van der Waals surface area contributed by atoms with Gasteiger partial charge in [-0.15, -0.1) is 11.3 Å². The second-order valence-electron chi connectivity index (χ2n) is 4.20. The maximum absolute atomic E-state index is 11.3. The van der Waals surface area contributed by atoms with Gasteiger partial charge < -0.3 is 5.73 Å². The van der Waals surface area contributed by atoms with Gasteiger partial charge in [0, 0.05) is 11.6 Å². The van der Waals surface area contributed by atoms with Crippen molar-refractivity contribution in [1.82, 2.24) is 4.98 Å². The Morgan fingerprint density at radius 3 is 2.67 bits per heavy atom. The molecule has 0 radical (unpaired) electrons. The molecule has 1 heterocycles. The SMILES string of the molecule is CC(c1nc(C2(N)CC2)cs1)S(C)(=O)=O. The van der Waals surface area contributed by atoms with E-state index in [2.05, 4.69) is 4.98 Å². The number of aromatic nitrogens is 1. The maximum Gasteiger partial charge on any atom is 0.156 e. The minimum absolute atomic E-state index is 0.272. The molecule has 1 aliphatic carbocycles. The van der Waals surface area contributed by atoms with Gasteiger partial charge in [0.2, 0.25) is 0 Å². The number of sulfone groups is 1. The molecule has 84 valence electrons. The summed E-state index contributed by atoms with van der Waals surface area (Å²) in [7, 11) is -3.06. The topological polar surface area (TPSA) is 73.0 Å². The van der Waals surface area contributed by atoms with E-state index in [4.69, 9.17) is 5.73 Å². The fourth-order valence-electron chi connectivity index (χ4n) is 1.28. The summed E-state index contributed by atoms with van der Waals surface area (Å²) >= 11 is 1.38. The summed E-state index contributed by atoms with van der Waals surface area (Å²) in [6.45, 7) is 1.66. The number of nitrogens with two attached hydrogens (primary N) is 1. The first-order chi connectivity index (χ1) is 6.83. The minimum atomic E-state index is -3.06. The average Bonchev–Trinajstić information content (AvgIpc) is 2.70. The monoisotopic (exact) mass is 246 g/mol. The Hall–Kier alpha value is -0.460. The van der Waals surface area contributed by atoms with Gasteiger partial charge in [-0.2, -0.15) is 0 Å². The van der Waals surface area contributed by atoms with Gasteiger partial charge in [-0.25, -0.2) is 13.4 Å². The van der Waals surface area contributed by atoms with Gasteiger partial charge in [0.15, 0.2) is 9.84 Å². The number of thiazole rings is 1. The van der Waals surface area contributed by atoms with Crippen LogP contribution in [0.4, 0.5) is 0 Å². The summed E-state index contributed by atoms with van der Waals surface area (Å²) in [5.74, 6) is 0.